The Morgan fingerprint density at radius 3 is 2.60 bits per heavy atom. The van der Waals surface area contributed by atoms with Crippen molar-refractivity contribution in [2.75, 3.05) is 6.54 Å². The molecular formula is C9H17N. The van der Waals surface area contributed by atoms with Crippen LogP contribution in [0.1, 0.15) is 27.2 Å². The molecule has 0 saturated carbocycles. The van der Waals surface area contributed by atoms with Gasteiger partial charge in [-0.15, -0.1) is 0 Å². The van der Waals surface area contributed by atoms with Gasteiger partial charge in [-0.25, -0.2) is 0 Å². The molecule has 1 heterocycles. The molecule has 0 amide bonds. The summed E-state index contributed by atoms with van der Waals surface area (Å²) in [5.41, 5.74) is 0.504. The SMILES string of the molecule is C/C=C\C1CC(C)(C)CN1. The largest absolute Gasteiger partial charge is 0.310 e. The van der Waals surface area contributed by atoms with E-state index in [1.165, 1.54) is 6.42 Å². The third-order valence-corrected chi connectivity index (χ3v) is 2.04. The van der Waals surface area contributed by atoms with Crippen LogP contribution in [0.3, 0.4) is 0 Å². The summed E-state index contributed by atoms with van der Waals surface area (Å²) < 4.78 is 0. The van der Waals surface area contributed by atoms with Crippen LogP contribution in [0.4, 0.5) is 0 Å². The van der Waals surface area contributed by atoms with Gasteiger partial charge < -0.3 is 5.32 Å². The molecule has 1 saturated heterocycles. The zero-order valence-corrected chi connectivity index (χ0v) is 7.15. The van der Waals surface area contributed by atoms with Gasteiger partial charge in [-0.05, 0) is 18.8 Å². The summed E-state index contributed by atoms with van der Waals surface area (Å²) in [5.74, 6) is 0. The highest BCUT2D eigenvalue weighted by Gasteiger charge is 2.28. The van der Waals surface area contributed by atoms with Crippen molar-refractivity contribution in [3.05, 3.63) is 12.2 Å². The lowest BCUT2D eigenvalue weighted by atomic mass is 9.90. The Morgan fingerprint density at radius 2 is 2.20 bits per heavy atom. The summed E-state index contributed by atoms with van der Waals surface area (Å²) >= 11 is 0. The van der Waals surface area contributed by atoms with E-state index in [0.29, 0.717) is 11.5 Å². The van der Waals surface area contributed by atoms with Gasteiger partial charge in [-0.2, -0.15) is 0 Å². The fourth-order valence-corrected chi connectivity index (χ4v) is 1.52. The second kappa shape index (κ2) is 2.75. The normalized spacial score (nSPS) is 31.7. The highest BCUT2D eigenvalue weighted by Crippen LogP contribution is 2.27. The van der Waals surface area contributed by atoms with Crippen LogP contribution in [0, 0.1) is 5.41 Å². The maximum absolute atomic E-state index is 3.46. The molecule has 10 heavy (non-hydrogen) atoms. The average molecular weight is 139 g/mol. The lowest BCUT2D eigenvalue weighted by Gasteiger charge is -2.13. The van der Waals surface area contributed by atoms with Crippen molar-refractivity contribution in [1.82, 2.24) is 5.32 Å². The Bertz CT molecular complexity index is 136. The van der Waals surface area contributed by atoms with Crippen LogP contribution in [0.5, 0.6) is 0 Å². The van der Waals surface area contributed by atoms with Crippen LogP contribution < -0.4 is 5.32 Å². The van der Waals surface area contributed by atoms with E-state index >= 15 is 0 Å². The molecule has 1 N–H and O–H groups in total. The van der Waals surface area contributed by atoms with E-state index in [4.69, 9.17) is 0 Å². The fourth-order valence-electron chi connectivity index (χ4n) is 1.52. The Balaban J connectivity index is 2.43. The van der Waals surface area contributed by atoms with E-state index in [0.717, 1.165) is 6.54 Å². The van der Waals surface area contributed by atoms with Gasteiger partial charge in [-0.3, -0.25) is 0 Å². The molecule has 0 aromatic heterocycles. The first kappa shape index (κ1) is 7.80. The smallest absolute Gasteiger partial charge is 0.0255 e. The Kier molecular flexibility index (Phi) is 2.14. The first-order chi connectivity index (χ1) is 4.64. The van der Waals surface area contributed by atoms with E-state index < -0.39 is 0 Å². The maximum Gasteiger partial charge on any atom is 0.0255 e. The van der Waals surface area contributed by atoms with Crippen LogP contribution in [0.15, 0.2) is 12.2 Å². The van der Waals surface area contributed by atoms with Crippen LogP contribution >= 0.6 is 0 Å². The van der Waals surface area contributed by atoms with Gasteiger partial charge in [0.25, 0.3) is 0 Å². The Labute approximate surface area is 63.5 Å². The molecule has 0 aromatic carbocycles. The second-order valence-electron chi connectivity index (χ2n) is 3.88. The van der Waals surface area contributed by atoms with E-state index in [2.05, 4.69) is 38.2 Å². The molecule has 0 aliphatic carbocycles. The average Bonchev–Trinajstić information content (AvgIpc) is 2.12. The predicted molar refractivity (Wildman–Crippen MR) is 45.0 cm³/mol. The minimum Gasteiger partial charge on any atom is -0.310 e. The summed E-state index contributed by atoms with van der Waals surface area (Å²) in [6, 6.07) is 0.625. The van der Waals surface area contributed by atoms with Crippen molar-refractivity contribution >= 4 is 0 Å². The van der Waals surface area contributed by atoms with Crippen molar-refractivity contribution in [3.8, 4) is 0 Å². The number of hydrogen-bond donors (Lipinski definition) is 1. The fraction of sp³-hybridized carbons (Fsp3) is 0.778. The van der Waals surface area contributed by atoms with Gasteiger partial charge in [-0.1, -0.05) is 26.0 Å². The first-order valence-electron chi connectivity index (χ1n) is 4.00. The summed E-state index contributed by atoms with van der Waals surface area (Å²) in [4.78, 5) is 0. The number of hydrogen-bond acceptors (Lipinski definition) is 1. The van der Waals surface area contributed by atoms with Gasteiger partial charge >= 0.3 is 0 Å². The molecule has 1 nitrogen and oxygen atoms in total. The predicted octanol–water partition coefficient (Wildman–Crippen LogP) is 1.95. The second-order valence-corrected chi connectivity index (χ2v) is 3.88. The molecule has 1 fully saturated rings. The third kappa shape index (κ3) is 1.84. The van der Waals surface area contributed by atoms with Gasteiger partial charge in [0.1, 0.15) is 0 Å². The minimum atomic E-state index is 0.504. The molecule has 1 unspecified atom stereocenters. The number of rotatable bonds is 1. The number of allylic oxidation sites excluding steroid dienone is 1. The molecule has 58 valence electrons. The van der Waals surface area contributed by atoms with E-state index in [9.17, 15) is 0 Å². The molecule has 1 rings (SSSR count). The molecule has 0 radical (unpaired) electrons. The molecule has 0 aromatic rings. The third-order valence-electron chi connectivity index (χ3n) is 2.04. The molecule has 1 atom stereocenters. The van der Waals surface area contributed by atoms with Crippen molar-refractivity contribution in [1.29, 1.82) is 0 Å². The molecule has 0 bridgehead atoms. The van der Waals surface area contributed by atoms with Crippen molar-refractivity contribution < 1.29 is 0 Å². The van der Waals surface area contributed by atoms with Crippen LogP contribution in [-0.2, 0) is 0 Å². The van der Waals surface area contributed by atoms with Gasteiger partial charge in [0, 0.05) is 12.6 Å². The maximum atomic E-state index is 3.46. The summed E-state index contributed by atoms with van der Waals surface area (Å²) in [5, 5.41) is 3.46. The topological polar surface area (TPSA) is 12.0 Å². The molecule has 1 aliphatic heterocycles. The Morgan fingerprint density at radius 1 is 1.50 bits per heavy atom. The minimum absolute atomic E-state index is 0.504. The van der Waals surface area contributed by atoms with Crippen molar-refractivity contribution in [3.63, 3.8) is 0 Å². The molecule has 0 spiro atoms. The lowest BCUT2D eigenvalue weighted by Crippen LogP contribution is -2.19. The Hall–Kier alpha value is -0.300. The van der Waals surface area contributed by atoms with E-state index in [1.54, 1.807) is 0 Å². The van der Waals surface area contributed by atoms with Crippen LogP contribution in [0.25, 0.3) is 0 Å². The summed E-state index contributed by atoms with van der Waals surface area (Å²) in [6.45, 7) is 7.85. The van der Waals surface area contributed by atoms with Crippen molar-refractivity contribution in [2.45, 2.75) is 33.2 Å². The zero-order valence-electron chi connectivity index (χ0n) is 7.15. The van der Waals surface area contributed by atoms with Crippen LogP contribution in [0.2, 0.25) is 0 Å². The monoisotopic (exact) mass is 139 g/mol. The zero-order chi connectivity index (χ0) is 7.61. The molecule has 1 aliphatic rings. The summed E-state index contributed by atoms with van der Waals surface area (Å²) in [6.07, 6.45) is 5.64. The molecular weight excluding hydrogens is 122 g/mol. The quantitative estimate of drug-likeness (QED) is 0.547. The van der Waals surface area contributed by atoms with Gasteiger partial charge in [0.05, 0.1) is 0 Å². The first-order valence-corrected chi connectivity index (χ1v) is 4.00. The van der Waals surface area contributed by atoms with Gasteiger partial charge in [0.2, 0.25) is 0 Å². The number of nitrogens with one attached hydrogen (secondary N) is 1. The molecule has 1 heteroatoms. The highest BCUT2D eigenvalue weighted by atomic mass is 15.0. The lowest BCUT2D eigenvalue weighted by molar-refractivity contribution is 0.408. The standard InChI is InChI=1S/C9H17N/c1-4-5-8-6-9(2,3)7-10-8/h4-5,8,10H,6-7H2,1-3H3/b5-4-. The summed E-state index contributed by atoms with van der Waals surface area (Å²) in [7, 11) is 0. The van der Waals surface area contributed by atoms with E-state index in [-0.39, 0.29) is 0 Å². The van der Waals surface area contributed by atoms with Gasteiger partial charge in [0.15, 0.2) is 0 Å². The van der Waals surface area contributed by atoms with Crippen LogP contribution in [-0.4, -0.2) is 12.6 Å². The van der Waals surface area contributed by atoms with Crippen molar-refractivity contribution in [2.24, 2.45) is 5.41 Å². The highest BCUT2D eigenvalue weighted by molar-refractivity contribution is 4.99. The van der Waals surface area contributed by atoms with E-state index in [1.807, 2.05) is 0 Å².